The Morgan fingerprint density at radius 2 is 1.91 bits per heavy atom. The normalized spacial score (nSPS) is 11.9. The second-order valence-electron chi connectivity index (χ2n) is 7.59. The van der Waals surface area contributed by atoms with Crippen LogP contribution in [0.2, 0.25) is 0 Å². The molecule has 0 spiro atoms. The lowest BCUT2D eigenvalue weighted by Gasteiger charge is -2.08. The smallest absolute Gasteiger partial charge is 0.276 e. The summed E-state index contributed by atoms with van der Waals surface area (Å²) in [6, 6.07) is 18.0. The quantitative estimate of drug-likeness (QED) is 0.322. The Morgan fingerprint density at radius 3 is 2.69 bits per heavy atom. The first kappa shape index (κ1) is 22.2. The Bertz CT molecular complexity index is 1160. The molecule has 8 heteroatoms. The van der Waals surface area contributed by atoms with Gasteiger partial charge in [0.15, 0.2) is 0 Å². The number of aromatic nitrogens is 3. The van der Waals surface area contributed by atoms with Crippen molar-refractivity contribution in [2.24, 2.45) is 0 Å². The third-order valence-electron chi connectivity index (χ3n) is 4.89. The summed E-state index contributed by atoms with van der Waals surface area (Å²) in [6.07, 6.45) is 0.958. The van der Waals surface area contributed by atoms with Gasteiger partial charge in [-0.25, -0.2) is 4.98 Å². The molecular formula is C24H24N4O2S2. The third-order valence-corrected chi connectivity index (χ3v) is 6.64. The van der Waals surface area contributed by atoms with E-state index in [4.69, 9.17) is 4.42 Å². The summed E-state index contributed by atoms with van der Waals surface area (Å²) in [6.45, 7) is 4.17. The zero-order chi connectivity index (χ0) is 22.3. The van der Waals surface area contributed by atoms with E-state index in [2.05, 4.69) is 39.6 Å². The highest BCUT2D eigenvalue weighted by molar-refractivity contribution is 7.98. The van der Waals surface area contributed by atoms with Crippen molar-refractivity contribution in [3.05, 3.63) is 87.7 Å². The van der Waals surface area contributed by atoms with Gasteiger partial charge >= 0.3 is 0 Å². The van der Waals surface area contributed by atoms with E-state index >= 15 is 0 Å². The molecule has 0 aliphatic rings. The standard InChI is InChI=1S/C24H24N4O2S2/c1-16-8-10-19(11-9-16)25-21(29)13-23-26-20(14-31-23)15-32-24-28-27-22(30-24)12-17(2)18-6-4-3-5-7-18/h3-11,14,17H,12-13,15H2,1-2H3,(H,25,29). The first-order valence-electron chi connectivity index (χ1n) is 10.3. The largest absolute Gasteiger partial charge is 0.416 e. The number of rotatable bonds is 9. The number of amides is 1. The van der Waals surface area contributed by atoms with Crippen LogP contribution in [-0.2, 0) is 23.4 Å². The van der Waals surface area contributed by atoms with Gasteiger partial charge in [-0.3, -0.25) is 4.79 Å². The van der Waals surface area contributed by atoms with Crippen LogP contribution >= 0.6 is 23.1 Å². The van der Waals surface area contributed by atoms with Gasteiger partial charge in [-0.05, 0) is 30.5 Å². The van der Waals surface area contributed by atoms with Crippen LogP contribution in [0.3, 0.4) is 0 Å². The highest BCUT2D eigenvalue weighted by atomic mass is 32.2. The summed E-state index contributed by atoms with van der Waals surface area (Å²) >= 11 is 2.94. The molecule has 4 aromatic rings. The van der Waals surface area contributed by atoms with Gasteiger partial charge in [0.1, 0.15) is 5.01 Å². The molecule has 1 atom stereocenters. The summed E-state index contributed by atoms with van der Waals surface area (Å²) in [4.78, 5) is 16.8. The molecule has 0 radical (unpaired) electrons. The van der Waals surface area contributed by atoms with Gasteiger partial charge in [0, 0.05) is 23.2 Å². The van der Waals surface area contributed by atoms with Crippen molar-refractivity contribution in [3.63, 3.8) is 0 Å². The van der Waals surface area contributed by atoms with E-state index in [0.29, 0.717) is 29.2 Å². The summed E-state index contributed by atoms with van der Waals surface area (Å²) in [5.74, 6) is 1.49. The number of carbonyl (C=O) groups is 1. The van der Waals surface area contributed by atoms with Crippen LogP contribution in [0.1, 0.15) is 40.6 Å². The summed E-state index contributed by atoms with van der Waals surface area (Å²) in [5.41, 5.74) is 4.10. The van der Waals surface area contributed by atoms with Crippen LogP contribution in [0.4, 0.5) is 5.69 Å². The van der Waals surface area contributed by atoms with E-state index in [1.165, 1.54) is 28.7 Å². The van der Waals surface area contributed by atoms with Gasteiger partial charge in [0.25, 0.3) is 5.22 Å². The Balaban J connectivity index is 1.25. The van der Waals surface area contributed by atoms with E-state index in [-0.39, 0.29) is 12.3 Å². The summed E-state index contributed by atoms with van der Waals surface area (Å²) < 4.78 is 5.80. The minimum Gasteiger partial charge on any atom is -0.416 e. The lowest BCUT2D eigenvalue weighted by Crippen LogP contribution is -2.14. The second kappa shape index (κ2) is 10.6. The van der Waals surface area contributed by atoms with Crippen molar-refractivity contribution in [2.45, 2.75) is 43.6 Å². The number of aryl methyl sites for hydroxylation is 1. The Morgan fingerprint density at radius 1 is 1.12 bits per heavy atom. The maximum atomic E-state index is 12.3. The first-order valence-corrected chi connectivity index (χ1v) is 12.2. The second-order valence-corrected chi connectivity index (χ2v) is 9.46. The number of hydrogen-bond donors (Lipinski definition) is 1. The molecule has 2 aromatic carbocycles. The van der Waals surface area contributed by atoms with E-state index in [1.54, 1.807) is 0 Å². The highest BCUT2D eigenvalue weighted by Gasteiger charge is 2.14. The molecule has 1 amide bonds. The zero-order valence-electron chi connectivity index (χ0n) is 17.9. The molecule has 0 saturated heterocycles. The van der Waals surface area contributed by atoms with Gasteiger partial charge in [-0.1, -0.05) is 66.7 Å². The molecule has 2 heterocycles. The molecule has 164 valence electrons. The van der Waals surface area contributed by atoms with E-state index < -0.39 is 0 Å². The van der Waals surface area contributed by atoms with Gasteiger partial charge < -0.3 is 9.73 Å². The topological polar surface area (TPSA) is 80.9 Å². The maximum Gasteiger partial charge on any atom is 0.276 e. The average Bonchev–Trinajstić information content (AvgIpc) is 3.43. The van der Waals surface area contributed by atoms with Crippen molar-refractivity contribution in [3.8, 4) is 0 Å². The molecule has 1 N–H and O–H groups in total. The van der Waals surface area contributed by atoms with Crippen LogP contribution < -0.4 is 5.32 Å². The molecule has 0 aliphatic carbocycles. The maximum absolute atomic E-state index is 12.3. The van der Waals surface area contributed by atoms with Crippen LogP contribution in [0, 0.1) is 6.92 Å². The number of nitrogens with zero attached hydrogens (tertiary/aromatic N) is 3. The minimum atomic E-state index is -0.0727. The number of thiazole rings is 1. The Kier molecular flexibility index (Phi) is 7.34. The zero-order valence-corrected chi connectivity index (χ0v) is 19.6. The van der Waals surface area contributed by atoms with Gasteiger partial charge in [0.05, 0.1) is 12.1 Å². The van der Waals surface area contributed by atoms with E-state index in [0.717, 1.165) is 22.0 Å². The number of carbonyl (C=O) groups excluding carboxylic acids is 1. The SMILES string of the molecule is Cc1ccc(NC(=O)Cc2nc(CSc3nnc(CC(C)c4ccccc4)o3)cs2)cc1. The van der Waals surface area contributed by atoms with Crippen molar-refractivity contribution < 1.29 is 9.21 Å². The third kappa shape index (κ3) is 6.27. The molecule has 0 aliphatic heterocycles. The fraction of sp³-hybridized carbons (Fsp3) is 0.250. The van der Waals surface area contributed by atoms with Crippen molar-refractivity contribution in [1.82, 2.24) is 15.2 Å². The fourth-order valence-electron chi connectivity index (χ4n) is 3.15. The molecule has 4 rings (SSSR count). The lowest BCUT2D eigenvalue weighted by atomic mass is 9.98. The van der Waals surface area contributed by atoms with Crippen molar-refractivity contribution in [2.75, 3.05) is 5.32 Å². The molecule has 6 nitrogen and oxygen atoms in total. The number of benzene rings is 2. The van der Waals surface area contributed by atoms with Crippen molar-refractivity contribution in [1.29, 1.82) is 0 Å². The fourth-order valence-corrected chi connectivity index (χ4v) is 4.72. The van der Waals surface area contributed by atoms with Crippen LogP contribution in [0.25, 0.3) is 0 Å². The molecule has 0 fully saturated rings. The molecule has 0 saturated carbocycles. The summed E-state index contributed by atoms with van der Waals surface area (Å²) in [7, 11) is 0. The van der Waals surface area contributed by atoms with E-state index in [1.807, 2.05) is 54.8 Å². The first-order chi connectivity index (χ1) is 15.5. The van der Waals surface area contributed by atoms with Crippen LogP contribution in [0.15, 0.2) is 69.6 Å². The lowest BCUT2D eigenvalue weighted by molar-refractivity contribution is -0.115. The Labute approximate surface area is 195 Å². The van der Waals surface area contributed by atoms with Gasteiger partial charge in [-0.2, -0.15) is 0 Å². The van der Waals surface area contributed by atoms with Gasteiger partial charge in [-0.15, -0.1) is 21.5 Å². The number of thioether (sulfide) groups is 1. The molecule has 1 unspecified atom stereocenters. The van der Waals surface area contributed by atoms with Crippen LogP contribution in [-0.4, -0.2) is 21.1 Å². The number of hydrogen-bond acceptors (Lipinski definition) is 7. The number of nitrogens with one attached hydrogen (secondary N) is 1. The van der Waals surface area contributed by atoms with Crippen LogP contribution in [0.5, 0.6) is 0 Å². The Hall–Kier alpha value is -2.97. The number of anilines is 1. The van der Waals surface area contributed by atoms with E-state index in [9.17, 15) is 4.79 Å². The molecule has 32 heavy (non-hydrogen) atoms. The van der Waals surface area contributed by atoms with Crippen molar-refractivity contribution >= 4 is 34.7 Å². The monoisotopic (exact) mass is 464 g/mol. The average molecular weight is 465 g/mol. The summed E-state index contributed by atoms with van der Waals surface area (Å²) in [5, 5.41) is 14.5. The highest BCUT2D eigenvalue weighted by Crippen LogP contribution is 2.25. The minimum absolute atomic E-state index is 0.0727. The predicted molar refractivity (Wildman–Crippen MR) is 128 cm³/mol. The molecular weight excluding hydrogens is 440 g/mol. The predicted octanol–water partition coefficient (Wildman–Crippen LogP) is 5.65. The van der Waals surface area contributed by atoms with Gasteiger partial charge in [0.2, 0.25) is 11.8 Å². The molecule has 2 aromatic heterocycles. The molecule has 0 bridgehead atoms.